The van der Waals surface area contributed by atoms with Crippen LogP contribution in [0.3, 0.4) is 0 Å². The summed E-state index contributed by atoms with van der Waals surface area (Å²) in [6.45, 7) is 2.63. The van der Waals surface area contributed by atoms with E-state index in [2.05, 4.69) is 6.92 Å². The third-order valence-electron chi connectivity index (χ3n) is 4.71. The summed E-state index contributed by atoms with van der Waals surface area (Å²) >= 11 is 0. The van der Waals surface area contributed by atoms with Gasteiger partial charge in [0.25, 0.3) is 0 Å². The first-order chi connectivity index (χ1) is 9.35. The van der Waals surface area contributed by atoms with Crippen molar-refractivity contribution in [2.24, 2.45) is 11.3 Å². The molecular weight excluding hydrogens is 262 g/mol. The largest absolute Gasteiger partial charge is 0.481 e. The number of carboxylic acids is 2. The number of carboxylic acid groups (broad SMARTS) is 2. The predicted octanol–water partition coefficient (Wildman–Crippen LogP) is 1.34. The van der Waals surface area contributed by atoms with Crippen molar-refractivity contribution in [2.75, 3.05) is 6.54 Å². The Bertz CT molecular complexity index is 425. The third kappa shape index (κ3) is 2.64. The lowest BCUT2D eigenvalue weighted by molar-refractivity contribution is -0.176. The quantitative estimate of drug-likeness (QED) is 0.742. The van der Waals surface area contributed by atoms with Crippen molar-refractivity contribution in [3.05, 3.63) is 0 Å². The highest BCUT2D eigenvalue weighted by molar-refractivity contribution is 5.93. The molecule has 0 bridgehead atoms. The molecule has 1 amide bonds. The Hall–Kier alpha value is -1.59. The SMILES string of the molecule is CC1CCC2(CC1)CN(C(CCC(=O)O)C(=O)O)C2=O. The normalized spacial score (nSPS) is 30.9. The second-order valence-corrected chi connectivity index (χ2v) is 6.18. The van der Waals surface area contributed by atoms with E-state index in [0.29, 0.717) is 12.5 Å². The van der Waals surface area contributed by atoms with Crippen LogP contribution in [0, 0.1) is 11.3 Å². The maximum absolute atomic E-state index is 12.4. The van der Waals surface area contributed by atoms with Crippen LogP contribution in [0.15, 0.2) is 0 Å². The Kier molecular flexibility index (Phi) is 4.01. The van der Waals surface area contributed by atoms with Gasteiger partial charge in [-0.15, -0.1) is 0 Å². The summed E-state index contributed by atoms with van der Waals surface area (Å²) in [5, 5.41) is 17.8. The van der Waals surface area contributed by atoms with E-state index in [4.69, 9.17) is 5.11 Å². The molecular formula is C14H21NO5. The van der Waals surface area contributed by atoms with Crippen molar-refractivity contribution in [1.82, 2.24) is 4.90 Å². The predicted molar refractivity (Wildman–Crippen MR) is 70.1 cm³/mol. The standard InChI is InChI=1S/C14H21NO5/c1-9-4-6-14(7-5-9)8-15(13(14)20)10(12(18)19)2-3-11(16)17/h9-10H,2-8H2,1H3,(H,16,17)(H,18,19). The van der Waals surface area contributed by atoms with Crippen LogP contribution in [0.25, 0.3) is 0 Å². The summed E-state index contributed by atoms with van der Waals surface area (Å²) in [6.07, 6.45) is 3.41. The van der Waals surface area contributed by atoms with Crippen molar-refractivity contribution in [3.63, 3.8) is 0 Å². The van der Waals surface area contributed by atoms with Gasteiger partial charge in [0, 0.05) is 13.0 Å². The first-order valence-electron chi connectivity index (χ1n) is 7.11. The number of rotatable bonds is 5. The van der Waals surface area contributed by atoms with Crippen LogP contribution >= 0.6 is 0 Å². The van der Waals surface area contributed by atoms with E-state index in [1.165, 1.54) is 4.90 Å². The average molecular weight is 283 g/mol. The number of β-lactam (4-membered cyclic amide) rings is 1. The van der Waals surface area contributed by atoms with Gasteiger partial charge in [0.05, 0.1) is 5.41 Å². The minimum atomic E-state index is -1.11. The summed E-state index contributed by atoms with van der Waals surface area (Å²) in [7, 11) is 0. The van der Waals surface area contributed by atoms with Crippen LogP contribution in [0.4, 0.5) is 0 Å². The topological polar surface area (TPSA) is 94.9 Å². The zero-order valence-corrected chi connectivity index (χ0v) is 11.7. The molecule has 0 aromatic heterocycles. The van der Waals surface area contributed by atoms with Crippen LogP contribution in [-0.2, 0) is 14.4 Å². The summed E-state index contributed by atoms with van der Waals surface area (Å²) < 4.78 is 0. The molecule has 0 radical (unpaired) electrons. The lowest BCUT2D eigenvalue weighted by atomic mass is 9.65. The molecule has 6 nitrogen and oxygen atoms in total. The van der Waals surface area contributed by atoms with Gasteiger partial charge in [0.1, 0.15) is 6.04 Å². The summed E-state index contributed by atoms with van der Waals surface area (Å²) in [5.74, 6) is -1.61. The molecule has 2 N–H and O–H groups in total. The van der Waals surface area contributed by atoms with Gasteiger partial charge in [-0.25, -0.2) is 4.79 Å². The second-order valence-electron chi connectivity index (χ2n) is 6.18. The van der Waals surface area contributed by atoms with Crippen molar-refractivity contribution < 1.29 is 24.6 Å². The lowest BCUT2D eigenvalue weighted by Gasteiger charge is -2.53. The Balaban J connectivity index is 1.98. The monoisotopic (exact) mass is 283 g/mol. The summed E-state index contributed by atoms with van der Waals surface area (Å²) in [4.78, 5) is 35.5. The smallest absolute Gasteiger partial charge is 0.326 e. The molecule has 112 valence electrons. The molecule has 1 spiro atoms. The Morgan fingerprint density at radius 3 is 2.40 bits per heavy atom. The minimum absolute atomic E-state index is 0.0249. The summed E-state index contributed by atoms with van der Waals surface area (Å²) in [6, 6.07) is -0.997. The number of carbonyl (C=O) groups excluding carboxylic acids is 1. The van der Waals surface area contributed by atoms with Gasteiger partial charge in [-0.2, -0.15) is 0 Å². The van der Waals surface area contributed by atoms with E-state index in [-0.39, 0.29) is 24.2 Å². The molecule has 1 heterocycles. The van der Waals surface area contributed by atoms with Gasteiger partial charge in [0.2, 0.25) is 5.91 Å². The first kappa shape index (κ1) is 14.8. The van der Waals surface area contributed by atoms with E-state index in [9.17, 15) is 19.5 Å². The fourth-order valence-electron chi connectivity index (χ4n) is 3.29. The van der Waals surface area contributed by atoms with Crippen LogP contribution in [0.1, 0.15) is 45.4 Å². The van der Waals surface area contributed by atoms with Crippen molar-refractivity contribution in [1.29, 1.82) is 0 Å². The molecule has 1 aliphatic heterocycles. The van der Waals surface area contributed by atoms with E-state index in [1.807, 2.05) is 0 Å². The number of aliphatic carboxylic acids is 2. The Morgan fingerprint density at radius 2 is 1.95 bits per heavy atom. The number of hydrogen-bond acceptors (Lipinski definition) is 3. The highest BCUT2D eigenvalue weighted by Gasteiger charge is 2.55. The maximum atomic E-state index is 12.4. The molecule has 2 aliphatic rings. The Labute approximate surface area is 117 Å². The highest BCUT2D eigenvalue weighted by Crippen LogP contribution is 2.47. The first-order valence-corrected chi connectivity index (χ1v) is 7.11. The molecule has 1 atom stereocenters. The molecule has 1 saturated heterocycles. The van der Waals surface area contributed by atoms with Crippen LogP contribution in [0.5, 0.6) is 0 Å². The van der Waals surface area contributed by atoms with Crippen LogP contribution < -0.4 is 0 Å². The number of amides is 1. The number of hydrogen-bond donors (Lipinski definition) is 2. The van der Waals surface area contributed by atoms with E-state index >= 15 is 0 Å². The number of carbonyl (C=O) groups is 3. The van der Waals surface area contributed by atoms with E-state index < -0.39 is 18.0 Å². The van der Waals surface area contributed by atoms with Gasteiger partial charge >= 0.3 is 11.9 Å². The van der Waals surface area contributed by atoms with Crippen molar-refractivity contribution in [3.8, 4) is 0 Å². The highest BCUT2D eigenvalue weighted by atomic mass is 16.4. The van der Waals surface area contributed by atoms with Gasteiger partial charge in [-0.3, -0.25) is 9.59 Å². The van der Waals surface area contributed by atoms with Crippen LogP contribution in [0.2, 0.25) is 0 Å². The van der Waals surface area contributed by atoms with Crippen molar-refractivity contribution in [2.45, 2.75) is 51.5 Å². The fraction of sp³-hybridized carbons (Fsp3) is 0.786. The van der Waals surface area contributed by atoms with Crippen molar-refractivity contribution >= 4 is 17.8 Å². The molecule has 20 heavy (non-hydrogen) atoms. The molecule has 6 heteroatoms. The molecule has 0 aromatic carbocycles. The van der Waals surface area contributed by atoms with E-state index in [0.717, 1.165) is 25.7 Å². The van der Waals surface area contributed by atoms with Crippen LogP contribution in [-0.4, -0.2) is 45.5 Å². The molecule has 2 fully saturated rings. The second kappa shape index (κ2) is 5.42. The molecule has 2 rings (SSSR count). The van der Waals surface area contributed by atoms with Gasteiger partial charge < -0.3 is 15.1 Å². The molecule has 1 unspecified atom stereocenters. The zero-order chi connectivity index (χ0) is 14.9. The van der Waals surface area contributed by atoms with Gasteiger partial charge in [-0.05, 0) is 38.0 Å². The third-order valence-corrected chi connectivity index (χ3v) is 4.71. The lowest BCUT2D eigenvalue weighted by Crippen LogP contribution is -2.66. The molecule has 1 saturated carbocycles. The molecule has 1 aliphatic carbocycles. The zero-order valence-electron chi connectivity index (χ0n) is 11.7. The minimum Gasteiger partial charge on any atom is -0.481 e. The fourth-order valence-corrected chi connectivity index (χ4v) is 3.29. The number of nitrogens with zero attached hydrogens (tertiary/aromatic N) is 1. The maximum Gasteiger partial charge on any atom is 0.326 e. The summed E-state index contributed by atoms with van der Waals surface area (Å²) in [5.41, 5.74) is -0.358. The molecule has 0 aromatic rings. The van der Waals surface area contributed by atoms with Gasteiger partial charge in [-0.1, -0.05) is 6.92 Å². The average Bonchev–Trinajstić information content (AvgIpc) is 2.39. The van der Waals surface area contributed by atoms with Gasteiger partial charge in [0.15, 0.2) is 0 Å². The number of likely N-dealkylation sites (tertiary alicyclic amines) is 1. The Morgan fingerprint density at radius 1 is 1.35 bits per heavy atom. The van der Waals surface area contributed by atoms with E-state index in [1.54, 1.807) is 0 Å².